The molecule has 10 aromatic carbocycles. The van der Waals surface area contributed by atoms with Crippen molar-refractivity contribution in [2.45, 2.75) is 0 Å². The first-order chi connectivity index (χ1) is 30.2. The molecule has 1 heterocycles. The maximum Gasteiger partial charge on any atom is 0.0551 e. The maximum atomic E-state index is 3.85. The second-order valence-corrected chi connectivity index (χ2v) is 15.8. The van der Waals surface area contributed by atoms with E-state index in [4.69, 9.17) is 0 Å². The molecule has 0 amide bonds. The van der Waals surface area contributed by atoms with Gasteiger partial charge in [0.15, 0.2) is 0 Å². The van der Waals surface area contributed by atoms with Crippen molar-refractivity contribution in [2.24, 2.45) is 0 Å². The summed E-state index contributed by atoms with van der Waals surface area (Å²) in [5.74, 6) is 0. The van der Waals surface area contributed by atoms with Crippen molar-refractivity contribution in [3.63, 3.8) is 0 Å². The van der Waals surface area contributed by atoms with Crippen molar-refractivity contribution in [3.8, 4) is 44.6 Å². The maximum absolute atomic E-state index is 3.85. The molecule has 11 aromatic rings. The first kappa shape index (κ1) is 34.9. The molecule has 0 fully saturated rings. The first-order valence-corrected chi connectivity index (χ1v) is 20.9. The van der Waals surface area contributed by atoms with Crippen LogP contribution < -0.4 is 9.80 Å². The molecular formula is C58H39N3. The summed E-state index contributed by atoms with van der Waals surface area (Å²) in [6.07, 6.45) is 0. The van der Waals surface area contributed by atoms with Crippen LogP contribution in [0.15, 0.2) is 231 Å². The molecule has 0 radical (unpaired) electrons. The molecule has 1 aliphatic carbocycles. The minimum absolute atomic E-state index is 1.09. The van der Waals surface area contributed by atoms with Gasteiger partial charge in [0.2, 0.25) is 0 Å². The zero-order valence-electron chi connectivity index (χ0n) is 33.3. The van der Waals surface area contributed by atoms with Crippen LogP contribution >= 0.6 is 0 Å². The van der Waals surface area contributed by atoms with Gasteiger partial charge in [-0.1, -0.05) is 164 Å². The van der Waals surface area contributed by atoms with Gasteiger partial charge in [-0.2, -0.15) is 0 Å². The van der Waals surface area contributed by atoms with Crippen LogP contribution in [0.3, 0.4) is 0 Å². The number of aromatic amines is 1. The van der Waals surface area contributed by atoms with Gasteiger partial charge in [0.05, 0.1) is 11.4 Å². The lowest BCUT2D eigenvalue weighted by Gasteiger charge is -2.27. The van der Waals surface area contributed by atoms with Gasteiger partial charge in [-0.25, -0.2) is 0 Å². The van der Waals surface area contributed by atoms with Gasteiger partial charge in [-0.15, -0.1) is 0 Å². The number of H-pyrrole nitrogens is 1. The monoisotopic (exact) mass is 777 g/mol. The Morgan fingerprint density at radius 2 is 0.803 bits per heavy atom. The van der Waals surface area contributed by atoms with E-state index >= 15 is 0 Å². The fourth-order valence-electron chi connectivity index (χ4n) is 9.46. The summed E-state index contributed by atoms with van der Waals surface area (Å²) in [5, 5.41) is 6.30. The van der Waals surface area contributed by atoms with E-state index in [0.29, 0.717) is 0 Å². The van der Waals surface area contributed by atoms with E-state index in [2.05, 4.69) is 245 Å². The number of hydrogen-bond acceptors (Lipinski definition) is 2. The predicted molar refractivity (Wildman–Crippen MR) is 258 cm³/mol. The molecule has 0 aliphatic heterocycles. The lowest BCUT2D eigenvalue weighted by atomic mass is 10.0. The second-order valence-electron chi connectivity index (χ2n) is 15.8. The Kier molecular flexibility index (Phi) is 8.17. The summed E-state index contributed by atoms with van der Waals surface area (Å²) < 4.78 is 0. The van der Waals surface area contributed by atoms with Crippen molar-refractivity contribution < 1.29 is 0 Å². The van der Waals surface area contributed by atoms with Crippen molar-refractivity contribution in [3.05, 3.63) is 231 Å². The fourth-order valence-corrected chi connectivity index (χ4v) is 9.46. The number of rotatable bonds is 8. The number of anilines is 6. The summed E-state index contributed by atoms with van der Waals surface area (Å²) in [6, 6.07) is 83.3. The Labute approximate surface area is 355 Å². The molecule has 1 aliphatic rings. The average molecular weight is 778 g/mol. The van der Waals surface area contributed by atoms with Crippen molar-refractivity contribution >= 4 is 66.6 Å². The van der Waals surface area contributed by atoms with Crippen LogP contribution in [0.5, 0.6) is 0 Å². The fraction of sp³-hybridized carbons (Fsp3) is 0. The third-order valence-electron chi connectivity index (χ3n) is 12.3. The van der Waals surface area contributed by atoms with E-state index in [9.17, 15) is 0 Å². The molecular weight excluding hydrogens is 739 g/mol. The predicted octanol–water partition coefficient (Wildman–Crippen LogP) is 16.4. The second kappa shape index (κ2) is 14.3. The molecule has 1 aromatic heterocycles. The third kappa shape index (κ3) is 5.90. The Hall–Kier alpha value is -8.14. The molecule has 0 saturated heterocycles. The summed E-state index contributed by atoms with van der Waals surface area (Å²) in [5.41, 5.74) is 17.6. The highest BCUT2D eigenvalue weighted by Gasteiger charge is 2.26. The molecule has 1 N–H and O–H groups in total. The highest BCUT2D eigenvalue weighted by Crippen LogP contribution is 2.51. The Balaban J connectivity index is 0.915. The molecule has 61 heavy (non-hydrogen) atoms. The normalized spacial score (nSPS) is 11.6. The van der Waals surface area contributed by atoms with Gasteiger partial charge in [0.1, 0.15) is 0 Å². The van der Waals surface area contributed by atoms with Gasteiger partial charge in [0.25, 0.3) is 0 Å². The molecule has 0 spiro atoms. The zero-order chi connectivity index (χ0) is 40.3. The smallest absolute Gasteiger partial charge is 0.0551 e. The van der Waals surface area contributed by atoms with Crippen LogP contribution in [-0.2, 0) is 0 Å². The summed E-state index contributed by atoms with van der Waals surface area (Å²) in [6.45, 7) is 0. The molecule has 0 saturated carbocycles. The highest BCUT2D eigenvalue weighted by atomic mass is 15.1. The van der Waals surface area contributed by atoms with Gasteiger partial charge in [-0.05, 0) is 111 Å². The van der Waals surface area contributed by atoms with Crippen LogP contribution in [0.1, 0.15) is 0 Å². The number of aromatic nitrogens is 1. The number of fused-ring (bicyclic) bond motifs is 6. The molecule has 286 valence electrons. The zero-order valence-corrected chi connectivity index (χ0v) is 33.3. The Morgan fingerprint density at radius 3 is 1.48 bits per heavy atom. The minimum atomic E-state index is 1.09. The molecule has 0 atom stereocenters. The first-order valence-electron chi connectivity index (χ1n) is 20.9. The SMILES string of the molecule is c1ccc(-c2ccc(N(c3ccc(-c4ccc(N(c5ccccc5)c5cccc6ccccc56)cc4)cc3)c3ccc4c5c([nH]c4c3)-c3cccc4cccc-5c34)cc2)cc1. The van der Waals surface area contributed by atoms with E-state index in [-0.39, 0.29) is 0 Å². The summed E-state index contributed by atoms with van der Waals surface area (Å²) in [7, 11) is 0. The van der Waals surface area contributed by atoms with Crippen molar-refractivity contribution in [1.82, 2.24) is 4.98 Å². The number of benzene rings is 10. The number of para-hydroxylation sites is 1. The average Bonchev–Trinajstić information content (AvgIpc) is 3.86. The van der Waals surface area contributed by atoms with Crippen LogP contribution in [0.25, 0.3) is 77.1 Å². The van der Waals surface area contributed by atoms with Crippen molar-refractivity contribution in [1.29, 1.82) is 0 Å². The van der Waals surface area contributed by atoms with E-state index in [1.54, 1.807) is 0 Å². The molecule has 12 rings (SSSR count). The van der Waals surface area contributed by atoms with Gasteiger partial charge >= 0.3 is 0 Å². The van der Waals surface area contributed by atoms with Crippen LogP contribution in [0.4, 0.5) is 34.1 Å². The molecule has 0 unspecified atom stereocenters. The molecule has 3 nitrogen and oxygen atoms in total. The van der Waals surface area contributed by atoms with Crippen LogP contribution in [0.2, 0.25) is 0 Å². The molecule has 3 heteroatoms. The summed E-state index contributed by atoms with van der Waals surface area (Å²) in [4.78, 5) is 8.57. The van der Waals surface area contributed by atoms with Gasteiger partial charge in [-0.3, -0.25) is 0 Å². The van der Waals surface area contributed by atoms with Crippen LogP contribution in [-0.4, -0.2) is 4.98 Å². The Bertz CT molecular complexity index is 3380. The minimum Gasteiger partial charge on any atom is -0.354 e. The standard InChI is InChI=1S/C58H39N3/c1-3-12-39(13-4-1)40-24-30-46(31-25-40)60(49-36-37-51-54(38-49)59-58-53-22-10-17-44-16-9-21-52(56(44)53)57(51)58)47-32-26-41(27-33-47)42-28-34-48(35-29-42)61(45-18-5-2-6-19-45)55-23-11-15-43-14-7-8-20-50(43)55/h1-38,59H. The third-order valence-corrected chi connectivity index (χ3v) is 12.3. The van der Waals surface area contributed by atoms with E-state index in [1.807, 2.05) is 0 Å². The highest BCUT2D eigenvalue weighted by molar-refractivity contribution is 6.21. The summed E-state index contributed by atoms with van der Waals surface area (Å²) >= 11 is 0. The quantitative estimate of drug-likeness (QED) is 0.166. The lowest BCUT2D eigenvalue weighted by Crippen LogP contribution is -2.10. The lowest BCUT2D eigenvalue weighted by molar-refractivity contribution is 1.28. The van der Waals surface area contributed by atoms with Crippen molar-refractivity contribution in [2.75, 3.05) is 9.80 Å². The molecule has 0 bridgehead atoms. The van der Waals surface area contributed by atoms with E-state index in [0.717, 1.165) is 50.8 Å². The van der Waals surface area contributed by atoms with Gasteiger partial charge in [0, 0.05) is 55.9 Å². The number of nitrogens with zero attached hydrogens (tertiary/aromatic N) is 2. The number of nitrogens with one attached hydrogen (secondary N) is 1. The Morgan fingerprint density at radius 1 is 0.311 bits per heavy atom. The van der Waals surface area contributed by atoms with Gasteiger partial charge < -0.3 is 14.8 Å². The largest absolute Gasteiger partial charge is 0.354 e. The van der Waals surface area contributed by atoms with Crippen LogP contribution in [0, 0.1) is 0 Å². The van der Waals surface area contributed by atoms with E-state index in [1.165, 1.54) is 60.4 Å². The topological polar surface area (TPSA) is 22.3 Å². The number of hydrogen-bond donors (Lipinski definition) is 1. The van der Waals surface area contributed by atoms with E-state index < -0.39 is 0 Å².